The number of thiazole rings is 1. The molecule has 0 radical (unpaired) electrons. The molecule has 4 rings (SSSR count). The monoisotopic (exact) mass is 435 g/mol. The van der Waals surface area contributed by atoms with E-state index in [1.165, 1.54) is 10.4 Å². The van der Waals surface area contributed by atoms with E-state index in [9.17, 15) is 10.1 Å². The van der Waals surface area contributed by atoms with E-state index in [2.05, 4.69) is 31.4 Å². The van der Waals surface area contributed by atoms with Crippen LogP contribution in [0.5, 0.6) is 0 Å². The molecule has 5 nitrogen and oxygen atoms in total. The van der Waals surface area contributed by atoms with Crippen LogP contribution in [0.15, 0.2) is 42.5 Å². The fourth-order valence-corrected chi connectivity index (χ4v) is 4.25. The fraction of sp³-hybridized carbons (Fsp3) is 0.0625. The van der Waals surface area contributed by atoms with E-state index in [0.29, 0.717) is 5.56 Å². The number of nitro groups is 1. The van der Waals surface area contributed by atoms with Crippen LogP contribution in [-0.4, -0.2) is 9.91 Å². The average molecular weight is 435 g/mol. The smallest absolute Gasteiger partial charge is 0.277 e. The van der Waals surface area contributed by atoms with Gasteiger partial charge in [0.25, 0.3) is 5.69 Å². The third-order valence-electron chi connectivity index (χ3n) is 3.90. The Balaban J connectivity index is 1.80. The SMILES string of the molecule is O=[N+]([O-])c1ccccc1-c1ccc2c(c1)Cc1sc(NI)nc1-2. The molecule has 1 aromatic heterocycles. The van der Waals surface area contributed by atoms with Gasteiger partial charge < -0.3 is 3.53 Å². The summed E-state index contributed by atoms with van der Waals surface area (Å²) in [6.45, 7) is 0. The lowest BCUT2D eigenvalue weighted by Crippen LogP contribution is -1.92. The van der Waals surface area contributed by atoms with Crippen LogP contribution >= 0.6 is 34.2 Å². The van der Waals surface area contributed by atoms with Gasteiger partial charge in [0.15, 0.2) is 5.13 Å². The van der Waals surface area contributed by atoms with E-state index in [1.54, 1.807) is 29.5 Å². The summed E-state index contributed by atoms with van der Waals surface area (Å²) in [6.07, 6.45) is 0.828. The van der Waals surface area contributed by atoms with Crippen LogP contribution in [-0.2, 0) is 6.42 Å². The Labute approximate surface area is 150 Å². The number of aromatic nitrogens is 1. The first-order valence-electron chi connectivity index (χ1n) is 6.91. The minimum Gasteiger partial charge on any atom is -0.304 e. The van der Waals surface area contributed by atoms with Gasteiger partial charge in [0.2, 0.25) is 0 Å². The van der Waals surface area contributed by atoms with Crippen molar-refractivity contribution in [2.45, 2.75) is 6.42 Å². The van der Waals surface area contributed by atoms with Crippen LogP contribution in [0.1, 0.15) is 10.4 Å². The zero-order valence-electron chi connectivity index (χ0n) is 11.7. The lowest BCUT2D eigenvalue weighted by molar-refractivity contribution is -0.384. The fourth-order valence-electron chi connectivity index (χ4n) is 2.91. The summed E-state index contributed by atoms with van der Waals surface area (Å²) in [5, 5.41) is 12.1. The molecule has 0 unspecified atom stereocenters. The highest BCUT2D eigenvalue weighted by molar-refractivity contribution is 14.1. The van der Waals surface area contributed by atoms with Crippen molar-refractivity contribution in [1.29, 1.82) is 0 Å². The molecule has 1 aliphatic rings. The van der Waals surface area contributed by atoms with E-state index in [4.69, 9.17) is 0 Å². The number of para-hydroxylation sites is 1. The third kappa shape index (κ3) is 2.40. The Morgan fingerprint density at radius 2 is 2.04 bits per heavy atom. The largest absolute Gasteiger partial charge is 0.304 e. The van der Waals surface area contributed by atoms with Gasteiger partial charge in [-0.2, -0.15) is 0 Å². The van der Waals surface area contributed by atoms with Gasteiger partial charge >= 0.3 is 0 Å². The quantitative estimate of drug-likeness (QED) is 0.212. The van der Waals surface area contributed by atoms with Gasteiger partial charge in [0, 0.05) is 22.9 Å². The number of nitrogens with one attached hydrogen (secondary N) is 1. The minimum atomic E-state index is -0.334. The molecule has 2 aromatic carbocycles. The summed E-state index contributed by atoms with van der Waals surface area (Å²) < 4.78 is 3.05. The number of hydrogen-bond donors (Lipinski definition) is 1. The topological polar surface area (TPSA) is 68.1 Å². The minimum absolute atomic E-state index is 0.134. The number of nitrogens with zero attached hydrogens (tertiary/aromatic N) is 2. The normalized spacial score (nSPS) is 11.9. The summed E-state index contributed by atoms with van der Waals surface area (Å²) in [4.78, 5) is 16.7. The van der Waals surface area contributed by atoms with Crippen LogP contribution in [0.4, 0.5) is 10.8 Å². The van der Waals surface area contributed by atoms with Crippen LogP contribution < -0.4 is 3.53 Å². The van der Waals surface area contributed by atoms with Gasteiger partial charge in [-0.05, 0) is 23.3 Å². The van der Waals surface area contributed by atoms with Crippen molar-refractivity contribution in [3.8, 4) is 22.4 Å². The molecule has 23 heavy (non-hydrogen) atoms. The van der Waals surface area contributed by atoms with Crippen LogP contribution in [0.3, 0.4) is 0 Å². The first-order valence-corrected chi connectivity index (χ1v) is 8.80. The maximum atomic E-state index is 11.2. The molecule has 1 aliphatic carbocycles. The zero-order chi connectivity index (χ0) is 16.0. The second-order valence-electron chi connectivity index (χ2n) is 5.21. The Hall–Kier alpha value is -2.00. The molecule has 1 N–H and O–H groups in total. The molecule has 0 saturated carbocycles. The molecule has 0 fully saturated rings. The maximum Gasteiger partial charge on any atom is 0.277 e. The van der Waals surface area contributed by atoms with Crippen LogP contribution in [0.25, 0.3) is 22.4 Å². The van der Waals surface area contributed by atoms with Gasteiger partial charge in [0.05, 0.1) is 39.0 Å². The summed E-state index contributed by atoms with van der Waals surface area (Å²) in [6, 6.07) is 12.8. The van der Waals surface area contributed by atoms with Crippen molar-refractivity contribution in [2.75, 3.05) is 3.53 Å². The van der Waals surface area contributed by atoms with Gasteiger partial charge in [-0.15, -0.1) is 11.3 Å². The molecule has 0 bridgehead atoms. The van der Waals surface area contributed by atoms with Crippen LogP contribution in [0.2, 0.25) is 0 Å². The van der Waals surface area contributed by atoms with Gasteiger partial charge in [-0.25, -0.2) is 4.98 Å². The highest BCUT2D eigenvalue weighted by Crippen LogP contribution is 2.43. The molecule has 0 spiro atoms. The molecule has 1 heterocycles. The molecule has 0 atom stereocenters. The lowest BCUT2D eigenvalue weighted by atomic mass is 9.99. The Morgan fingerprint density at radius 1 is 1.22 bits per heavy atom. The predicted molar refractivity (Wildman–Crippen MR) is 100 cm³/mol. The molecule has 0 aliphatic heterocycles. The van der Waals surface area contributed by atoms with Gasteiger partial charge in [-0.1, -0.05) is 24.3 Å². The third-order valence-corrected chi connectivity index (χ3v) is 5.75. The molecule has 3 aromatic rings. The summed E-state index contributed by atoms with van der Waals surface area (Å²) in [5.41, 5.74) is 4.98. The molecular formula is C16H10IN3O2S. The maximum absolute atomic E-state index is 11.2. The number of anilines is 1. The second-order valence-corrected chi connectivity index (χ2v) is 6.83. The van der Waals surface area contributed by atoms with Crippen molar-refractivity contribution >= 4 is 45.0 Å². The number of nitro benzene ring substituents is 1. The van der Waals surface area contributed by atoms with Crippen molar-refractivity contribution in [1.82, 2.24) is 4.98 Å². The first kappa shape index (κ1) is 14.6. The molecule has 7 heteroatoms. The predicted octanol–water partition coefficient (Wildman–Crippen LogP) is 5.05. The first-order chi connectivity index (χ1) is 11.2. The Bertz CT molecular complexity index is 939. The Kier molecular flexibility index (Phi) is 3.53. The van der Waals surface area contributed by atoms with E-state index >= 15 is 0 Å². The second kappa shape index (κ2) is 5.57. The van der Waals surface area contributed by atoms with Crippen LogP contribution in [0, 0.1) is 10.1 Å². The highest BCUT2D eigenvalue weighted by atomic mass is 127. The van der Waals surface area contributed by atoms with Crippen molar-refractivity contribution < 1.29 is 4.92 Å². The van der Waals surface area contributed by atoms with E-state index in [1.807, 2.05) is 24.3 Å². The number of hydrogen-bond acceptors (Lipinski definition) is 5. The average Bonchev–Trinajstić information content (AvgIpc) is 3.11. The highest BCUT2D eigenvalue weighted by Gasteiger charge is 2.24. The Morgan fingerprint density at radius 3 is 2.83 bits per heavy atom. The molecule has 0 saturated heterocycles. The zero-order valence-corrected chi connectivity index (χ0v) is 14.7. The standard InChI is InChI=1S/C16H10IN3O2S/c17-19-16-18-15-12-6-5-9(7-10(12)8-14(15)23-16)11-3-1-2-4-13(11)20(21)22/h1-7H,8H2,(H,18,19). The lowest BCUT2D eigenvalue weighted by Gasteiger charge is -2.06. The van der Waals surface area contributed by atoms with Crippen molar-refractivity contribution in [3.63, 3.8) is 0 Å². The van der Waals surface area contributed by atoms with E-state index in [0.717, 1.165) is 28.4 Å². The van der Waals surface area contributed by atoms with E-state index < -0.39 is 0 Å². The summed E-state index contributed by atoms with van der Waals surface area (Å²) in [5.74, 6) is 0. The molecule has 114 valence electrons. The summed E-state index contributed by atoms with van der Waals surface area (Å²) in [7, 11) is 0. The number of benzene rings is 2. The van der Waals surface area contributed by atoms with Gasteiger partial charge in [0.1, 0.15) is 0 Å². The van der Waals surface area contributed by atoms with Gasteiger partial charge in [-0.3, -0.25) is 10.1 Å². The number of rotatable bonds is 3. The van der Waals surface area contributed by atoms with Crippen molar-refractivity contribution in [3.05, 3.63) is 63.0 Å². The molecule has 0 amide bonds. The number of fused-ring (bicyclic) bond motifs is 3. The van der Waals surface area contributed by atoms with E-state index in [-0.39, 0.29) is 10.6 Å². The van der Waals surface area contributed by atoms with Crippen molar-refractivity contribution in [2.24, 2.45) is 0 Å². The summed E-state index contributed by atoms with van der Waals surface area (Å²) >= 11 is 3.73. The molecular weight excluding hydrogens is 425 g/mol. The number of halogens is 1.